The second-order valence-corrected chi connectivity index (χ2v) is 7.44. The smallest absolute Gasteiger partial charge is 0.225 e. The van der Waals surface area contributed by atoms with Gasteiger partial charge in [0.1, 0.15) is 6.33 Å². The molecule has 5 heteroatoms. The second kappa shape index (κ2) is 6.98. The number of carbonyl (C=O) groups excluding carboxylic acids is 1. The van der Waals surface area contributed by atoms with E-state index >= 15 is 0 Å². The number of fused-ring (bicyclic) bond motifs is 1. The van der Waals surface area contributed by atoms with E-state index in [2.05, 4.69) is 21.8 Å². The van der Waals surface area contributed by atoms with E-state index in [1.807, 2.05) is 6.07 Å². The van der Waals surface area contributed by atoms with E-state index in [0.717, 1.165) is 67.2 Å². The molecule has 132 valence electrons. The van der Waals surface area contributed by atoms with Gasteiger partial charge in [-0.05, 0) is 44.1 Å². The molecule has 1 fully saturated rings. The lowest BCUT2D eigenvalue weighted by molar-refractivity contribution is -0.136. The first kappa shape index (κ1) is 16.3. The molecule has 2 aromatic rings. The average molecular weight is 339 g/mol. The number of furan rings is 1. The maximum atomic E-state index is 13.0. The van der Waals surface area contributed by atoms with Gasteiger partial charge in [0.15, 0.2) is 0 Å². The molecule has 0 unspecified atom stereocenters. The van der Waals surface area contributed by atoms with Crippen molar-refractivity contribution >= 4 is 5.91 Å². The van der Waals surface area contributed by atoms with Gasteiger partial charge in [0.25, 0.3) is 0 Å². The first-order valence-corrected chi connectivity index (χ1v) is 9.36. The summed E-state index contributed by atoms with van der Waals surface area (Å²) in [7, 11) is 0. The molecule has 0 atom stereocenters. The quantitative estimate of drug-likeness (QED) is 0.840. The topological polar surface area (TPSA) is 59.2 Å². The Balaban J connectivity index is 1.50. The van der Waals surface area contributed by atoms with Gasteiger partial charge < -0.3 is 9.32 Å². The number of amides is 1. The summed E-state index contributed by atoms with van der Waals surface area (Å²) in [6.45, 7) is 3.81. The van der Waals surface area contributed by atoms with Crippen LogP contribution in [0.4, 0.5) is 0 Å². The number of hydrogen-bond acceptors (Lipinski definition) is 4. The van der Waals surface area contributed by atoms with Crippen molar-refractivity contribution in [1.82, 2.24) is 14.9 Å². The summed E-state index contributed by atoms with van der Waals surface area (Å²) < 4.78 is 5.21. The maximum Gasteiger partial charge on any atom is 0.225 e. The number of carbonyl (C=O) groups is 1. The molecule has 2 aromatic heterocycles. The van der Waals surface area contributed by atoms with Crippen LogP contribution in [0.5, 0.6) is 0 Å². The summed E-state index contributed by atoms with van der Waals surface area (Å²) in [6.07, 6.45) is 11.1. The van der Waals surface area contributed by atoms with Gasteiger partial charge in [0.05, 0.1) is 18.2 Å². The molecule has 2 aliphatic rings. The summed E-state index contributed by atoms with van der Waals surface area (Å²) in [5.74, 6) is 1.33. The third-order valence-corrected chi connectivity index (χ3v) is 5.76. The average Bonchev–Trinajstić information content (AvgIpc) is 3.08. The van der Waals surface area contributed by atoms with Crippen molar-refractivity contribution in [3.8, 4) is 11.3 Å². The van der Waals surface area contributed by atoms with Crippen LogP contribution >= 0.6 is 0 Å². The summed E-state index contributed by atoms with van der Waals surface area (Å²) >= 11 is 0. The molecular formula is C20H25N3O2. The van der Waals surface area contributed by atoms with Crippen LogP contribution in [-0.2, 0) is 17.6 Å². The Morgan fingerprint density at radius 3 is 2.72 bits per heavy atom. The van der Waals surface area contributed by atoms with E-state index in [1.165, 1.54) is 12.8 Å². The van der Waals surface area contributed by atoms with Gasteiger partial charge in [-0.15, -0.1) is 0 Å². The Morgan fingerprint density at radius 1 is 1.16 bits per heavy atom. The zero-order chi connectivity index (χ0) is 17.2. The maximum absolute atomic E-state index is 13.0. The summed E-state index contributed by atoms with van der Waals surface area (Å²) in [4.78, 5) is 24.0. The van der Waals surface area contributed by atoms with E-state index in [1.54, 1.807) is 18.9 Å². The van der Waals surface area contributed by atoms with E-state index in [0.29, 0.717) is 5.91 Å². The van der Waals surface area contributed by atoms with Crippen molar-refractivity contribution in [1.29, 1.82) is 0 Å². The van der Waals surface area contributed by atoms with Gasteiger partial charge in [-0.3, -0.25) is 4.79 Å². The Morgan fingerprint density at radius 2 is 1.96 bits per heavy atom. The van der Waals surface area contributed by atoms with E-state index in [-0.39, 0.29) is 5.92 Å². The van der Waals surface area contributed by atoms with E-state index in [4.69, 9.17) is 4.42 Å². The SMILES string of the molecule is CC1CCC(C(=O)N2CCc3ncnc(-c4ccoc4)c3CC2)CC1. The lowest BCUT2D eigenvalue weighted by atomic mass is 9.82. The van der Waals surface area contributed by atoms with Crippen LogP contribution < -0.4 is 0 Å². The number of hydrogen-bond donors (Lipinski definition) is 0. The van der Waals surface area contributed by atoms with Crippen LogP contribution in [0.15, 0.2) is 29.3 Å². The van der Waals surface area contributed by atoms with Gasteiger partial charge in [-0.1, -0.05) is 6.92 Å². The molecule has 1 aliphatic heterocycles. The van der Waals surface area contributed by atoms with Gasteiger partial charge in [0, 0.05) is 42.2 Å². The molecule has 0 aromatic carbocycles. The van der Waals surface area contributed by atoms with Crippen molar-refractivity contribution in [3.63, 3.8) is 0 Å². The van der Waals surface area contributed by atoms with Crippen molar-refractivity contribution in [2.75, 3.05) is 13.1 Å². The van der Waals surface area contributed by atoms with Gasteiger partial charge in [0.2, 0.25) is 5.91 Å². The molecule has 4 rings (SSSR count). The predicted octanol–water partition coefficient (Wildman–Crippen LogP) is 3.49. The molecule has 0 N–H and O–H groups in total. The molecule has 0 spiro atoms. The zero-order valence-electron chi connectivity index (χ0n) is 14.8. The minimum Gasteiger partial charge on any atom is -0.472 e. The van der Waals surface area contributed by atoms with Crippen molar-refractivity contribution < 1.29 is 9.21 Å². The molecular weight excluding hydrogens is 314 g/mol. The molecule has 5 nitrogen and oxygen atoms in total. The molecule has 0 saturated heterocycles. The fourth-order valence-corrected chi connectivity index (χ4v) is 4.16. The van der Waals surface area contributed by atoms with Crippen LogP contribution in [0.25, 0.3) is 11.3 Å². The molecule has 3 heterocycles. The molecule has 25 heavy (non-hydrogen) atoms. The Labute approximate surface area is 148 Å². The third kappa shape index (κ3) is 3.32. The Hall–Kier alpha value is -2.17. The van der Waals surface area contributed by atoms with Crippen LogP contribution in [0, 0.1) is 11.8 Å². The van der Waals surface area contributed by atoms with Crippen molar-refractivity contribution in [3.05, 3.63) is 36.2 Å². The lowest BCUT2D eigenvalue weighted by Gasteiger charge is -2.30. The van der Waals surface area contributed by atoms with Crippen molar-refractivity contribution in [2.24, 2.45) is 11.8 Å². The van der Waals surface area contributed by atoms with E-state index in [9.17, 15) is 4.79 Å². The molecule has 0 bridgehead atoms. The second-order valence-electron chi connectivity index (χ2n) is 7.44. The third-order valence-electron chi connectivity index (χ3n) is 5.76. The van der Waals surface area contributed by atoms with Gasteiger partial charge in [-0.25, -0.2) is 9.97 Å². The first-order chi connectivity index (χ1) is 12.2. The highest BCUT2D eigenvalue weighted by Gasteiger charge is 2.29. The number of aromatic nitrogens is 2. The highest BCUT2D eigenvalue weighted by molar-refractivity contribution is 5.79. The minimum atomic E-state index is 0.219. The summed E-state index contributed by atoms with van der Waals surface area (Å²) in [5.41, 5.74) is 4.16. The van der Waals surface area contributed by atoms with Crippen LogP contribution in [0.2, 0.25) is 0 Å². The highest BCUT2D eigenvalue weighted by Crippen LogP contribution is 2.31. The first-order valence-electron chi connectivity index (χ1n) is 9.36. The highest BCUT2D eigenvalue weighted by atomic mass is 16.3. The van der Waals surface area contributed by atoms with Crippen LogP contribution in [-0.4, -0.2) is 33.9 Å². The Kier molecular flexibility index (Phi) is 4.55. The minimum absolute atomic E-state index is 0.219. The summed E-state index contributed by atoms with van der Waals surface area (Å²) in [5, 5.41) is 0. The monoisotopic (exact) mass is 339 g/mol. The van der Waals surface area contributed by atoms with Crippen LogP contribution in [0.3, 0.4) is 0 Å². The fourth-order valence-electron chi connectivity index (χ4n) is 4.16. The molecule has 1 saturated carbocycles. The molecule has 1 amide bonds. The largest absolute Gasteiger partial charge is 0.472 e. The van der Waals surface area contributed by atoms with Gasteiger partial charge in [-0.2, -0.15) is 0 Å². The standard InChI is InChI=1S/C20H25N3O2/c1-14-2-4-15(5-3-14)20(24)23-9-6-17-18(7-10-23)21-13-22-19(17)16-8-11-25-12-16/h8,11-15H,2-7,9-10H2,1H3. The predicted molar refractivity (Wildman–Crippen MR) is 94.8 cm³/mol. The fraction of sp³-hybridized carbons (Fsp3) is 0.550. The van der Waals surface area contributed by atoms with Crippen molar-refractivity contribution in [2.45, 2.75) is 45.4 Å². The molecule has 0 radical (unpaired) electrons. The summed E-state index contributed by atoms with van der Waals surface area (Å²) in [6, 6.07) is 1.93. The van der Waals surface area contributed by atoms with Gasteiger partial charge >= 0.3 is 0 Å². The lowest BCUT2D eigenvalue weighted by Crippen LogP contribution is -2.39. The zero-order valence-corrected chi connectivity index (χ0v) is 14.8. The Bertz CT molecular complexity index is 733. The normalized spacial score (nSPS) is 23.8. The number of rotatable bonds is 2. The van der Waals surface area contributed by atoms with E-state index < -0.39 is 0 Å². The number of nitrogens with zero attached hydrogens (tertiary/aromatic N) is 3. The molecule has 1 aliphatic carbocycles. The van der Waals surface area contributed by atoms with Crippen LogP contribution in [0.1, 0.15) is 43.9 Å².